The van der Waals surface area contributed by atoms with Crippen molar-refractivity contribution in [1.82, 2.24) is 20.1 Å². The number of piperidine rings is 1. The molecule has 1 aliphatic carbocycles. The first-order valence-electron chi connectivity index (χ1n) is 11.9. The Bertz CT molecular complexity index is 913. The SMILES string of the molecule is CCCN1C[C@@H](NC(=S)N(CC)CC)C[C@@H]2c3cc(CC)cc4[nH]c(C)c(c34)C[C@H]21. The summed E-state index contributed by atoms with van der Waals surface area (Å²) in [5.41, 5.74) is 7.27. The van der Waals surface area contributed by atoms with Gasteiger partial charge in [0.05, 0.1) is 0 Å². The lowest BCUT2D eigenvalue weighted by Crippen LogP contribution is -2.57. The van der Waals surface area contributed by atoms with Gasteiger partial charge in [-0.1, -0.05) is 19.9 Å². The topological polar surface area (TPSA) is 34.3 Å². The Hall–Kier alpha value is -1.59. The molecule has 5 heteroatoms. The Balaban J connectivity index is 1.71. The molecule has 0 saturated carbocycles. The third kappa shape index (κ3) is 3.75. The van der Waals surface area contributed by atoms with Gasteiger partial charge in [-0.3, -0.25) is 4.90 Å². The molecular weight excluding hydrogens is 388 g/mol. The second-order valence-corrected chi connectivity index (χ2v) is 9.50. The molecule has 1 fully saturated rings. The normalized spacial score (nSPS) is 23.4. The second-order valence-electron chi connectivity index (χ2n) is 9.12. The summed E-state index contributed by atoms with van der Waals surface area (Å²) in [6, 6.07) is 5.88. The molecule has 1 saturated heterocycles. The quantitative estimate of drug-likeness (QED) is 0.654. The van der Waals surface area contributed by atoms with Crippen LogP contribution in [-0.2, 0) is 12.8 Å². The number of aromatic nitrogens is 1. The first-order valence-corrected chi connectivity index (χ1v) is 12.3. The Kier molecular flexibility index (Phi) is 6.40. The summed E-state index contributed by atoms with van der Waals surface area (Å²) >= 11 is 5.77. The maximum atomic E-state index is 5.77. The van der Waals surface area contributed by atoms with Gasteiger partial charge in [0, 0.05) is 54.2 Å². The number of thiocarbonyl (C=S) groups is 1. The standard InChI is InChI=1S/C25H38N4S/c1-6-10-29-15-18(27-25(30)28(8-3)9-4)13-20-21-11-17(7-2)12-22-24(21)19(14-23(20)29)16(5)26-22/h11-12,18,20,23,26H,6-10,13-15H2,1-5H3,(H,27,30)/t18-,20+,23+/m0/s1. The van der Waals surface area contributed by atoms with Crippen LogP contribution in [0.2, 0.25) is 0 Å². The lowest BCUT2D eigenvalue weighted by atomic mass is 9.73. The summed E-state index contributed by atoms with van der Waals surface area (Å²) in [5.74, 6) is 0.569. The van der Waals surface area contributed by atoms with Gasteiger partial charge in [0.25, 0.3) is 0 Å². The van der Waals surface area contributed by atoms with E-state index < -0.39 is 0 Å². The monoisotopic (exact) mass is 426 g/mol. The van der Waals surface area contributed by atoms with Crippen LogP contribution in [-0.4, -0.2) is 58.2 Å². The summed E-state index contributed by atoms with van der Waals surface area (Å²) in [7, 11) is 0. The fourth-order valence-electron chi connectivity index (χ4n) is 5.83. The minimum absolute atomic E-state index is 0.410. The zero-order valence-corrected chi connectivity index (χ0v) is 20.2. The number of nitrogens with one attached hydrogen (secondary N) is 2. The molecule has 1 aromatic carbocycles. The van der Waals surface area contributed by atoms with E-state index in [9.17, 15) is 0 Å². The van der Waals surface area contributed by atoms with Crippen molar-refractivity contribution >= 4 is 28.2 Å². The average Bonchev–Trinajstić information content (AvgIpc) is 3.05. The molecule has 0 amide bonds. The predicted molar refractivity (Wildman–Crippen MR) is 132 cm³/mol. The van der Waals surface area contributed by atoms with Crippen molar-refractivity contribution in [3.8, 4) is 0 Å². The van der Waals surface area contributed by atoms with Gasteiger partial charge in [0.15, 0.2) is 5.11 Å². The Morgan fingerprint density at radius 3 is 2.67 bits per heavy atom. The van der Waals surface area contributed by atoms with Gasteiger partial charge in [0.2, 0.25) is 0 Å². The van der Waals surface area contributed by atoms with Crippen molar-refractivity contribution in [2.45, 2.75) is 78.3 Å². The number of nitrogens with zero attached hydrogens (tertiary/aromatic N) is 2. The van der Waals surface area contributed by atoms with E-state index in [1.807, 2.05) is 0 Å². The second kappa shape index (κ2) is 8.88. The van der Waals surface area contributed by atoms with Crippen LogP contribution >= 0.6 is 12.2 Å². The lowest BCUT2D eigenvalue weighted by molar-refractivity contribution is 0.104. The molecule has 4 nitrogen and oxygen atoms in total. The van der Waals surface area contributed by atoms with Crippen molar-refractivity contribution in [2.75, 3.05) is 26.2 Å². The van der Waals surface area contributed by atoms with Crippen LogP contribution in [0.4, 0.5) is 0 Å². The van der Waals surface area contributed by atoms with E-state index >= 15 is 0 Å². The maximum Gasteiger partial charge on any atom is 0.169 e. The number of aryl methyl sites for hydroxylation is 2. The van der Waals surface area contributed by atoms with E-state index in [0.717, 1.165) is 44.1 Å². The van der Waals surface area contributed by atoms with Crippen LogP contribution in [0.15, 0.2) is 12.1 Å². The van der Waals surface area contributed by atoms with E-state index in [0.29, 0.717) is 18.0 Å². The zero-order valence-electron chi connectivity index (χ0n) is 19.3. The third-order valence-electron chi connectivity index (χ3n) is 7.34. The molecule has 2 aromatic rings. The number of likely N-dealkylation sites (tertiary alicyclic amines) is 1. The molecule has 3 atom stereocenters. The van der Waals surface area contributed by atoms with Gasteiger partial charge in [-0.15, -0.1) is 0 Å². The smallest absolute Gasteiger partial charge is 0.169 e. The molecule has 1 aliphatic heterocycles. The van der Waals surface area contributed by atoms with Crippen molar-refractivity contribution in [3.63, 3.8) is 0 Å². The number of aromatic amines is 1. The highest BCUT2D eigenvalue weighted by atomic mass is 32.1. The van der Waals surface area contributed by atoms with E-state index in [4.69, 9.17) is 12.2 Å². The van der Waals surface area contributed by atoms with Crippen LogP contribution in [0.25, 0.3) is 10.9 Å². The molecule has 4 rings (SSSR count). The number of benzene rings is 1. The van der Waals surface area contributed by atoms with Gasteiger partial charge in [-0.05, 0) is 88.0 Å². The van der Waals surface area contributed by atoms with Crippen molar-refractivity contribution in [2.24, 2.45) is 0 Å². The molecule has 0 unspecified atom stereocenters. The van der Waals surface area contributed by atoms with Crippen LogP contribution in [0.5, 0.6) is 0 Å². The van der Waals surface area contributed by atoms with Crippen LogP contribution < -0.4 is 5.32 Å². The van der Waals surface area contributed by atoms with E-state index in [1.165, 1.54) is 35.0 Å². The first-order chi connectivity index (χ1) is 14.5. The number of hydrogen-bond acceptors (Lipinski definition) is 2. The van der Waals surface area contributed by atoms with E-state index in [2.05, 4.69) is 66.9 Å². The highest BCUT2D eigenvalue weighted by molar-refractivity contribution is 7.80. The molecule has 0 bridgehead atoms. The minimum atomic E-state index is 0.410. The number of H-pyrrole nitrogens is 1. The molecule has 164 valence electrons. The Morgan fingerprint density at radius 1 is 1.23 bits per heavy atom. The maximum absolute atomic E-state index is 5.77. The largest absolute Gasteiger partial charge is 0.359 e. The fraction of sp³-hybridized carbons (Fsp3) is 0.640. The molecule has 0 spiro atoms. The summed E-state index contributed by atoms with van der Waals surface area (Å²) < 4.78 is 0. The van der Waals surface area contributed by atoms with E-state index in [-0.39, 0.29) is 0 Å². The zero-order chi connectivity index (χ0) is 21.4. The number of hydrogen-bond donors (Lipinski definition) is 2. The Labute approximate surface area is 187 Å². The van der Waals surface area contributed by atoms with Crippen molar-refractivity contribution in [3.05, 3.63) is 34.5 Å². The van der Waals surface area contributed by atoms with Gasteiger partial charge >= 0.3 is 0 Å². The summed E-state index contributed by atoms with van der Waals surface area (Å²) in [4.78, 5) is 8.71. The Morgan fingerprint density at radius 2 is 2.00 bits per heavy atom. The summed E-state index contributed by atoms with van der Waals surface area (Å²) in [6.45, 7) is 15.4. The summed E-state index contributed by atoms with van der Waals surface area (Å²) in [5, 5.41) is 6.17. The van der Waals surface area contributed by atoms with Gasteiger partial charge in [-0.2, -0.15) is 0 Å². The van der Waals surface area contributed by atoms with Crippen LogP contribution in [0.3, 0.4) is 0 Å². The number of fused-ring (bicyclic) bond motifs is 2. The third-order valence-corrected chi connectivity index (χ3v) is 7.72. The minimum Gasteiger partial charge on any atom is -0.359 e. The molecular formula is C25H38N4S. The van der Waals surface area contributed by atoms with Crippen molar-refractivity contribution < 1.29 is 0 Å². The predicted octanol–water partition coefficient (Wildman–Crippen LogP) is 4.75. The lowest BCUT2D eigenvalue weighted by Gasteiger charge is -2.48. The molecule has 2 N–H and O–H groups in total. The summed E-state index contributed by atoms with van der Waals surface area (Å²) in [6.07, 6.45) is 4.61. The first kappa shape index (κ1) is 21.6. The average molecular weight is 427 g/mol. The number of rotatable bonds is 6. The molecule has 0 radical (unpaired) electrons. The molecule has 1 aromatic heterocycles. The highest BCUT2D eigenvalue weighted by Gasteiger charge is 2.41. The van der Waals surface area contributed by atoms with E-state index in [1.54, 1.807) is 11.1 Å². The van der Waals surface area contributed by atoms with Crippen LogP contribution in [0.1, 0.15) is 68.8 Å². The van der Waals surface area contributed by atoms with Gasteiger partial charge in [0.1, 0.15) is 0 Å². The molecule has 2 aliphatic rings. The van der Waals surface area contributed by atoms with Crippen LogP contribution in [0, 0.1) is 6.92 Å². The fourth-order valence-corrected chi connectivity index (χ4v) is 6.25. The molecule has 30 heavy (non-hydrogen) atoms. The highest BCUT2D eigenvalue weighted by Crippen LogP contribution is 2.45. The van der Waals surface area contributed by atoms with Gasteiger partial charge < -0.3 is 15.2 Å². The van der Waals surface area contributed by atoms with Gasteiger partial charge in [-0.25, -0.2) is 0 Å². The molecule has 2 heterocycles. The van der Waals surface area contributed by atoms with Crippen molar-refractivity contribution in [1.29, 1.82) is 0 Å².